The number of para-hydroxylation sites is 1. The predicted molar refractivity (Wildman–Crippen MR) is 79.5 cm³/mol. The number of benzene rings is 1. The Balaban J connectivity index is 1.75. The molecule has 3 aliphatic rings. The summed E-state index contributed by atoms with van der Waals surface area (Å²) >= 11 is 6.21. The van der Waals surface area contributed by atoms with Gasteiger partial charge in [-0.3, -0.25) is 9.59 Å². The first-order chi connectivity index (χ1) is 10.6. The lowest BCUT2D eigenvalue weighted by atomic mass is 9.77. The minimum absolute atomic E-state index is 0.143. The summed E-state index contributed by atoms with van der Waals surface area (Å²) in [5, 5.41) is 0.500. The number of carbonyl (C=O) groups excluding carboxylic acids is 2. The SMILES string of the molecule is COC(=O)[C@H]1[C@@H]2C=C[C@]3(CN(c4ccccc4Cl)C(=O)[C@H]13)O2. The number of rotatable bonds is 2. The second-order valence-electron chi connectivity index (χ2n) is 5.80. The van der Waals surface area contributed by atoms with Gasteiger partial charge in [-0.15, -0.1) is 0 Å². The molecule has 114 valence electrons. The molecular weight excluding hydrogens is 306 g/mol. The summed E-state index contributed by atoms with van der Waals surface area (Å²) in [6.07, 6.45) is 3.37. The molecule has 4 atom stereocenters. The molecule has 3 heterocycles. The van der Waals surface area contributed by atoms with E-state index in [0.717, 1.165) is 0 Å². The van der Waals surface area contributed by atoms with E-state index < -0.39 is 23.4 Å². The van der Waals surface area contributed by atoms with Gasteiger partial charge in [-0.1, -0.05) is 35.9 Å². The van der Waals surface area contributed by atoms with Gasteiger partial charge < -0.3 is 14.4 Å². The Hall–Kier alpha value is -1.85. The first-order valence-corrected chi connectivity index (χ1v) is 7.46. The molecule has 1 aromatic carbocycles. The highest BCUT2D eigenvalue weighted by Crippen LogP contribution is 2.53. The number of anilines is 1. The second-order valence-corrected chi connectivity index (χ2v) is 6.21. The number of esters is 1. The average molecular weight is 320 g/mol. The fourth-order valence-corrected chi connectivity index (χ4v) is 4.02. The number of methoxy groups -OCH3 is 1. The third-order valence-corrected chi connectivity index (χ3v) is 5.04. The molecule has 0 aromatic heterocycles. The van der Waals surface area contributed by atoms with Gasteiger partial charge in [0.15, 0.2) is 0 Å². The van der Waals surface area contributed by atoms with Crippen LogP contribution in [0, 0.1) is 11.8 Å². The van der Waals surface area contributed by atoms with Crippen LogP contribution in [0.25, 0.3) is 0 Å². The monoisotopic (exact) mass is 319 g/mol. The van der Waals surface area contributed by atoms with Gasteiger partial charge >= 0.3 is 5.97 Å². The topological polar surface area (TPSA) is 55.8 Å². The summed E-state index contributed by atoms with van der Waals surface area (Å²) in [6.45, 7) is 0.362. The molecule has 2 saturated heterocycles. The molecule has 0 unspecified atom stereocenters. The Bertz CT molecular complexity index is 703. The highest BCUT2D eigenvalue weighted by Gasteiger charge is 2.67. The number of halogens is 1. The van der Waals surface area contributed by atoms with Crippen molar-refractivity contribution >= 4 is 29.2 Å². The minimum atomic E-state index is -0.750. The lowest BCUT2D eigenvalue weighted by Gasteiger charge is -2.22. The Morgan fingerprint density at radius 3 is 2.95 bits per heavy atom. The normalized spacial score (nSPS) is 35.1. The van der Waals surface area contributed by atoms with Crippen molar-refractivity contribution in [3.63, 3.8) is 0 Å². The van der Waals surface area contributed by atoms with Crippen LogP contribution in [0.5, 0.6) is 0 Å². The molecule has 3 aliphatic heterocycles. The van der Waals surface area contributed by atoms with Crippen LogP contribution >= 0.6 is 11.6 Å². The Kier molecular flexibility index (Phi) is 2.86. The van der Waals surface area contributed by atoms with E-state index in [2.05, 4.69) is 0 Å². The summed E-state index contributed by atoms with van der Waals surface area (Å²) in [5.74, 6) is -1.69. The van der Waals surface area contributed by atoms with Crippen molar-refractivity contribution in [2.45, 2.75) is 11.7 Å². The maximum absolute atomic E-state index is 12.9. The quantitative estimate of drug-likeness (QED) is 0.616. The van der Waals surface area contributed by atoms with Gasteiger partial charge in [0.05, 0.1) is 36.4 Å². The molecular formula is C16H14ClNO4. The molecule has 22 heavy (non-hydrogen) atoms. The standard InChI is InChI=1S/C16H14ClNO4/c1-21-15(20)12-11-6-7-16(22-11)8-18(14(19)13(12)16)10-5-3-2-4-9(10)17/h2-7,11-13H,8H2,1H3/t11-,12-,13-,16+/m0/s1. The highest BCUT2D eigenvalue weighted by atomic mass is 35.5. The molecule has 1 spiro atoms. The lowest BCUT2D eigenvalue weighted by Crippen LogP contribution is -2.39. The fraction of sp³-hybridized carbons (Fsp3) is 0.375. The third kappa shape index (κ3) is 1.63. The summed E-state index contributed by atoms with van der Waals surface area (Å²) < 4.78 is 10.8. The molecule has 0 aliphatic carbocycles. The van der Waals surface area contributed by atoms with E-state index in [4.69, 9.17) is 21.1 Å². The first kappa shape index (κ1) is 13.8. The van der Waals surface area contributed by atoms with Crippen molar-refractivity contribution in [3.8, 4) is 0 Å². The van der Waals surface area contributed by atoms with E-state index in [1.54, 1.807) is 17.0 Å². The molecule has 0 saturated carbocycles. The molecule has 1 aromatic rings. The van der Waals surface area contributed by atoms with Crippen molar-refractivity contribution in [1.82, 2.24) is 0 Å². The van der Waals surface area contributed by atoms with Gasteiger partial charge in [-0.25, -0.2) is 0 Å². The van der Waals surface area contributed by atoms with Crippen LogP contribution in [0.15, 0.2) is 36.4 Å². The molecule has 0 radical (unpaired) electrons. The van der Waals surface area contributed by atoms with Crippen molar-refractivity contribution in [2.24, 2.45) is 11.8 Å². The maximum atomic E-state index is 12.9. The molecule has 2 fully saturated rings. The Labute approximate surface area is 132 Å². The number of hydrogen-bond donors (Lipinski definition) is 0. The molecule has 0 N–H and O–H groups in total. The number of carbonyl (C=O) groups is 2. The second kappa shape index (κ2) is 4.57. The molecule has 1 amide bonds. The Morgan fingerprint density at radius 2 is 2.23 bits per heavy atom. The highest BCUT2D eigenvalue weighted by molar-refractivity contribution is 6.34. The van der Waals surface area contributed by atoms with Crippen molar-refractivity contribution in [2.75, 3.05) is 18.6 Å². The molecule has 2 bridgehead atoms. The van der Waals surface area contributed by atoms with E-state index in [-0.39, 0.29) is 12.0 Å². The summed E-state index contributed by atoms with van der Waals surface area (Å²) in [6, 6.07) is 7.17. The van der Waals surface area contributed by atoms with Crippen molar-refractivity contribution in [3.05, 3.63) is 41.4 Å². The van der Waals surface area contributed by atoms with Gasteiger partial charge in [-0.05, 0) is 12.1 Å². The Morgan fingerprint density at radius 1 is 1.45 bits per heavy atom. The summed E-state index contributed by atoms with van der Waals surface area (Å²) in [5.41, 5.74) is -0.109. The molecule has 5 nitrogen and oxygen atoms in total. The smallest absolute Gasteiger partial charge is 0.312 e. The number of hydrogen-bond acceptors (Lipinski definition) is 4. The van der Waals surface area contributed by atoms with Crippen LogP contribution in [0.3, 0.4) is 0 Å². The van der Waals surface area contributed by atoms with E-state index in [0.29, 0.717) is 17.3 Å². The van der Waals surface area contributed by atoms with Gasteiger partial charge in [0.2, 0.25) is 5.91 Å². The first-order valence-electron chi connectivity index (χ1n) is 7.08. The van der Waals surface area contributed by atoms with E-state index in [1.807, 2.05) is 24.3 Å². The summed E-state index contributed by atoms with van der Waals surface area (Å²) in [4.78, 5) is 26.6. The van der Waals surface area contributed by atoms with Crippen LogP contribution in [0.2, 0.25) is 5.02 Å². The minimum Gasteiger partial charge on any atom is -0.469 e. The average Bonchev–Trinajstić information content (AvgIpc) is 3.15. The zero-order valence-electron chi connectivity index (χ0n) is 11.9. The van der Waals surface area contributed by atoms with E-state index in [1.165, 1.54) is 7.11 Å². The third-order valence-electron chi connectivity index (χ3n) is 4.72. The number of fused-ring (bicyclic) bond motifs is 1. The maximum Gasteiger partial charge on any atom is 0.312 e. The van der Waals surface area contributed by atoms with Crippen LogP contribution in [-0.2, 0) is 19.1 Å². The predicted octanol–water partition coefficient (Wildman–Crippen LogP) is 1.80. The van der Waals surface area contributed by atoms with Crippen LogP contribution in [0.1, 0.15) is 0 Å². The fourth-order valence-electron chi connectivity index (χ4n) is 3.78. The number of nitrogens with zero attached hydrogens (tertiary/aromatic N) is 1. The zero-order chi connectivity index (χ0) is 15.5. The van der Waals surface area contributed by atoms with Crippen LogP contribution < -0.4 is 4.90 Å². The number of amides is 1. The van der Waals surface area contributed by atoms with E-state index in [9.17, 15) is 9.59 Å². The largest absolute Gasteiger partial charge is 0.469 e. The van der Waals surface area contributed by atoms with Crippen LogP contribution in [-0.4, -0.2) is 37.2 Å². The van der Waals surface area contributed by atoms with E-state index >= 15 is 0 Å². The van der Waals surface area contributed by atoms with Gasteiger partial charge in [0.1, 0.15) is 11.5 Å². The molecule has 4 rings (SSSR count). The number of ether oxygens (including phenoxy) is 2. The lowest BCUT2D eigenvalue weighted by molar-refractivity contribution is -0.149. The van der Waals surface area contributed by atoms with Crippen LogP contribution in [0.4, 0.5) is 5.69 Å². The van der Waals surface area contributed by atoms with Gasteiger partial charge in [0.25, 0.3) is 0 Å². The zero-order valence-corrected chi connectivity index (χ0v) is 12.6. The van der Waals surface area contributed by atoms with Gasteiger partial charge in [-0.2, -0.15) is 0 Å². The molecule has 6 heteroatoms. The van der Waals surface area contributed by atoms with Crippen molar-refractivity contribution < 1.29 is 19.1 Å². The van der Waals surface area contributed by atoms with Gasteiger partial charge in [0, 0.05) is 0 Å². The van der Waals surface area contributed by atoms with Crippen molar-refractivity contribution in [1.29, 1.82) is 0 Å². The summed E-state index contributed by atoms with van der Waals surface area (Å²) in [7, 11) is 1.33.